The van der Waals surface area contributed by atoms with Gasteiger partial charge in [0, 0.05) is 6.92 Å². The molecule has 1 aliphatic rings. The van der Waals surface area contributed by atoms with E-state index in [1.165, 1.54) is 0 Å². The summed E-state index contributed by atoms with van der Waals surface area (Å²) in [4.78, 5) is 59.9. The van der Waals surface area contributed by atoms with E-state index in [-0.39, 0.29) is 0 Å². The number of aliphatic hydroxyl groups excluding tert-OH is 1. The van der Waals surface area contributed by atoms with E-state index in [4.69, 9.17) is 4.74 Å². The molecule has 1 aliphatic heterocycles. The molecule has 27 heavy (non-hydrogen) atoms. The summed E-state index contributed by atoms with van der Waals surface area (Å²) < 4.78 is 5.16. The van der Waals surface area contributed by atoms with Crippen molar-refractivity contribution in [2.24, 2.45) is 0 Å². The third kappa shape index (κ3) is 3.01. The predicted molar refractivity (Wildman–Crippen MR) is 86.1 cm³/mol. The van der Waals surface area contributed by atoms with Crippen LogP contribution in [0.25, 0.3) is 0 Å². The molecule has 0 radical (unpaired) electrons. The number of ether oxygens (including phenoxy) is 1. The molecule has 6 atom stereocenters. The van der Waals surface area contributed by atoms with E-state index in [9.17, 15) is 44.4 Å². The number of hydrogen-bond acceptors (Lipinski definition) is 10. The van der Waals surface area contributed by atoms with Crippen LogP contribution in [-0.2, 0) is 28.7 Å². The summed E-state index contributed by atoms with van der Waals surface area (Å²) in [7, 11) is 0. The van der Waals surface area contributed by atoms with Crippen LogP contribution in [-0.4, -0.2) is 84.7 Å². The molecule has 0 saturated carbocycles. The molecule has 5 N–H and O–H groups in total. The van der Waals surface area contributed by atoms with Crippen molar-refractivity contribution in [3.05, 3.63) is 0 Å². The number of ketones is 4. The normalized spacial score (nSPS) is 37.2. The van der Waals surface area contributed by atoms with Crippen LogP contribution < -0.4 is 5.32 Å². The average molecular weight is 389 g/mol. The van der Waals surface area contributed by atoms with Gasteiger partial charge in [-0.2, -0.15) is 0 Å². The Balaban J connectivity index is 3.95. The number of carbonyl (C=O) groups is 5. The number of rotatable bonds is 6. The molecule has 0 spiro atoms. The Morgan fingerprint density at radius 3 is 1.59 bits per heavy atom. The Morgan fingerprint density at radius 2 is 1.30 bits per heavy atom. The molecular weight excluding hydrogens is 366 g/mol. The molecule has 1 saturated heterocycles. The van der Waals surface area contributed by atoms with Gasteiger partial charge in [0.15, 0.2) is 35.0 Å². The van der Waals surface area contributed by atoms with Crippen molar-refractivity contribution in [3.63, 3.8) is 0 Å². The minimum Gasteiger partial charge on any atom is -0.382 e. The summed E-state index contributed by atoms with van der Waals surface area (Å²) >= 11 is 0. The highest BCUT2D eigenvalue weighted by Gasteiger charge is 2.79. The smallest absolute Gasteiger partial charge is 0.218 e. The molecule has 0 aliphatic carbocycles. The summed E-state index contributed by atoms with van der Waals surface area (Å²) in [6.07, 6.45) is -6.68. The lowest BCUT2D eigenvalue weighted by atomic mass is 9.59. The third-order valence-corrected chi connectivity index (χ3v) is 4.80. The number of amides is 1. The minimum atomic E-state index is -3.55. The van der Waals surface area contributed by atoms with E-state index in [0.29, 0.717) is 13.8 Å². The van der Waals surface area contributed by atoms with Crippen molar-refractivity contribution in [3.8, 4) is 0 Å². The number of hydrogen-bond donors (Lipinski definition) is 5. The van der Waals surface area contributed by atoms with Crippen LogP contribution >= 0.6 is 0 Å². The van der Waals surface area contributed by atoms with Crippen molar-refractivity contribution < 1.29 is 49.1 Å². The zero-order valence-corrected chi connectivity index (χ0v) is 15.5. The van der Waals surface area contributed by atoms with Gasteiger partial charge in [-0.1, -0.05) is 0 Å². The summed E-state index contributed by atoms with van der Waals surface area (Å²) in [5.41, 5.74) is -10.2. The lowest BCUT2D eigenvalue weighted by Gasteiger charge is -2.58. The molecule has 0 aromatic carbocycles. The van der Waals surface area contributed by atoms with Gasteiger partial charge in [0.05, 0.1) is 0 Å². The molecule has 1 unspecified atom stereocenters. The van der Waals surface area contributed by atoms with Crippen molar-refractivity contribution >= 4 is 29.0 Å². The lowest BCUT2D eigenvalue weighted by molar-refractivity contribution is -0.330. The van der Waals surface area contributed by atoms with Crippen LogP contribution in [0, 0.1) is 0 Å². The van der Waals surface area contributed by atoms with E-state index in [1.807, 2.05) is 5.32 Å². The first-order chi connectivity index (χ1) is 12.1. The highest BCUT2D eigenvalue weighted by molar-refractivity contribution is 6.06. The fraction of sp³-hybridized carbons (Fsp3) is 0.688. The second-order valence-electron chi connectivity index (χ2n) is 6.60. The molecule has 1 amide bonds. The highest BCUT2D eigenvalue weighted by atomic mass is 16.6. The highest BCUT2D eigenvalue weighted by Crippen LogP contribution is 2.46. The van der Waals surface area contributed by atoms with Gasteiger partial charge in [0.25, 0.3) is 0 Å². The predicted octanol–water partition coefficient (Wildman–Crippen LogP) is -3.24. The quantitative estimate of drug-likeness (QED) is 0.309. The number of aliphatic hydroxyl groups is 4. The molecule has 1 heterocycles. The van der Waals surface area contributed by atoms with Crippen molar-refractivity contribution in [1.29, 1.82) is 0 Å². The first-order valence-electron chi connectivity index (χ1n) is 7.91. The van der Waals surface area contributed by atoms with Crippen LogP contribution in [0.3, 0.4) is 0 Å². The van der Waals surface area contributed by atoms with E-state index >= 15 is 0 Å². The molecule has 11 heteroatoms. The monoisotopic (exact) mass is 389 g/mol. The SMILES string of the molecule is CC(=O)N[C@@H]1O[C@H](C(O)C(C)=O)[C@](O)(C(C)=O)[C@@](O)(C(C)=O)[C@]1(O)C(C)=O. The summed E-state index contributed by atoms with van der Waals surface area (Å²) in [5, 5.41) is 45.1. The van der Waals surface area contributed by atoms with Gasteiger partial charge in [-0.05, 0) is 27.7 Å². The second kappa shape index (κ2) is 7.17. The number of carbonyl (C=O) groups excluding carboxylic acids is 5. The average Bonchev–Trinajstić information content (AvgIpc) is 2.53. The fourth-order valence-electron chi connectivity index (χ4n) is 3.30. The van der Waals surface area contributed by atoms with Gasteiger partial charge in [-0.15, -0.1) is 0 Å². The maximum absolute atomic E-state index is 12.3. The first kappa shape index (κ1) is 23.0. The van der Waals surface area contributed by atoms with Crippen LogP contribution in [0.5, 0.6) is 0 Å². The zero-order chi connectivity index (χ0) is 21.5. The molecule has 0 aromatic rings. The van der Waals surface area contributed by atoms with E-state index < -0.39 is 64.3 Å². The molecule has 0 bridgehead atoms. The fourth-order valence-corrected chi connectivity index (χ4v) is 3.30. The molecular formula is C16H23NO10. The number of nitrogens with one attached hydrogen (secondary N) is 1. The van der Waals surface area contributed by atoms with Gasteiger partial charge in [0.2, 0.25) is 17.1 Å². The van der Waals surface area contributed by atoms with Crippen LogP contribution in [0.2, 0.25) is 0 Å². The van der Waals surface area contributed by atoms with E-state index in [2.05, 4.69) is 0 Å². The standard InChI is InChI=1S/C16H23NO10/c1-6(18)11(23)12-14(24,7(2)19)16(26,9(4)21)15(25,8(3)20)13(27-12)17-10(5)22/h11-13,23-26H,1-5H3,(H,17,22)/t11?,12-,13-,14-,15+,16+/m1/s1. The first-order valence-corrected chi connectivity index (χ1v) is 7.91. The zero-order valence-electron chi connectivity index (χ0n) is 15.5. The Hall–Kier alpha value is -2.05. The summed E-state index contributed by atoms with van der Waals surface area (Å²) in [6, 6.07) is 0. The van der Waals surface area contributed by atoms with Gasteiger partial charge >= 0.3 is 0 Å². The Morgan fingerprint density at radius 1 is 0.852 bits per heavy atom. The maximum atomic E-state index is 12.3. The van der Waals surface area contributed by atoms with Gasteiger partial charge in [-0.25, -0.2) is 0 Å². The van der Waals surface area contributed by atoms with E-state index in [1.54, 1.807) is 0 Å². The minimum absolute atomic E-state index is 0.676. The van der Waals surface area contributed by atoms with E-state index in [0.717, 1.165) is 20.8 Å². The summed E-state index contributed by atoms with van der Waals surface area (Å²) in [6.45, 7) is 3.94. The van der Waals surface area contributed by atoms with Crippen LogP contribution in [0.1, 0.15) is 34.6 Å². The van der Waals surface area contributed by atoms with Gasteiger partial charge in [0.1, 0.15) is 12.2 Å². The molecule has 1 rings (SSSR count). The third-order valence-electron chi connectivity index (χ3n) is 4.80. The molecule has 0 aromatic heterocycles. The second-order valence-corrected chi connectivity index (χ2v) is 6.60. The molecule has 152 valence electrons. The topological polar surface area (TPSA) is 188 Å². The Bertz CT molecular complexity index is 705. The van der Waals surface area contributed by atoms with Crippen LogP contribution in [0.4, 0.5) is 0 Å². The van der Waals surface area contributed by atoms with Gasteiger partial charge in [-0.3, -0.25) is 24.0 Å². The Labute approximate surface area is 154 Å². The maximum Gasteiger partial charge on any atom is 0.218 e. The van der Waals surface area contributed by atoms with Crippen molar-refractivity contribution in [1.82, 2.24) is 5.32 Å². The van der Waals surface area contributed by atoms with Gasteiger partial charge < -0.3 is 30.5 Å². The number of Topliss-reactive ketones (excluding diaryl/α,β-unsaturated/α-hetero) is 4. The van der Waals surface area contributed by atoms with Crippen LogP contribution in [0.15, 0.2) is 0 Å². The molecule has 1 fully saturated rings. The lowest BCUT2D eigenvalue weighted by Crippen LogP contribution is -2.88. The van der Waals surface area contributed by atoms with Crippen molar-refractivity contribution in [2.75, 3.05) is 0 Å². The van der Waals surface area contributed by atoms with Crippen molar-refractivity contribution in [2.45, 2.75) is 69.9 Å². The Kier molecular flexibility index (Phi) is 6.10. The molecule has 11 nitrogen and oxygen atoms in total. The summed E-state index contributed by atoms with van der Waals surface area (Å²) in [5.74, 6) is -6.02. The largest absolute Gasteiger partial charge is 0.382 e.